The van der Waals surface area contributed by atoms with Gasteiger partial charge in [0.1, 0.15) is 6.04 Å². The first-order chi connectivity index (χ1) is 9.00. The Kier molecular flexibility index (Phi) is 6.80. The van der Waals surface area contributed by atoms with Crippen LogP contribution in [0.5, 0.6) is 0 Å². The van der Waals surface area contributed by atoms with Gasteiger partial charge in [0.25, 0.3) is 0 Å². The summed E-state index contributed by atoms with van der Waals surface area (Å²) in [5.41, 5.74) is 2.47. The first kappa shape index (κ1) is 15.9. The minimum Gasteiger partial charge on any atom is -0.480 e. The van der Waals surface area contributed by atoms with Crippen LogP contribution in [0.3, 0.4) is 0 Å². The van der Waals surface area contributed by atoms with Crippen LogP contribution in [0.2, 0.25) is 0 Å². The predicted octanol–water partition coefficient (Wildman–Crippen LogP) is 2.47. The van der Waals surface area contributed by atoms with Gasteiger partial charge in [-0.2, -0.15) is 0 Å². The lowest BCUT2D eigenvalue weighted by Crippen LogP contribution is -2.41. The van der Waals surface area contributed by atoms with E-state index in [-0.39, 0.29) is 5.91 Å². The van der Waals surface area contributed by atoms with Crippen LogP contribution in [0, 0.1) is 6.92 Å². The van der Waals surface area contributed by atoms with E-state index in [0.29, 0.717) is 5.75 Å². The Hall–Kier alpha value is -1.14. The summed E-state index contributed by atoms with van der Waals surface area (Å²) in [6, 6.07) is 7.27. The van der Waals surface area contributed by atoms with Crippen LogP contribution in [-0.2, 0) is 15.3 Å². The van der Waals surface area contributed by atoms with Crippen molar-refractivity contribution in [1.82, 2.24) is 5.32 Å². The van der Waals surface area contributed by atoms with E-state index in [0.717, 1.165) is 5.75 Å². The Morgan fingerprint density at radius 2 is 2.00 bits per heavy atom. The molecule has 0 spiro atoms. The van der Waals surface area contributed by atoms with E-state index in [4.69, 9.17) is 5.11 Å². The third kappa shape index (κ3) is 6.02. The van der Waals surface area contributed by atoms with Gasteiger partial charge >= 0.3 is 5.97 Å². The third-order valence-corrected chi connectivity index (χ3v) is 4.80. The number of carbonyl (C=O) groups excluding carboxylic acids is 1. The summed E-state index contributed by atoms with van der Waals surface area (Å²) in [6.45, 7) is 3.37. The van der Waals surface area contributed by atoms with Gasteiger partial charge in [-0.3, -0.25) is 4.79 Å². The molecule has 6 heteroatoms. The number of carboxylic acid groups (broad SMARTS) is 1. The number of carboxylic acids is 1. The number of rotatable bonds is 7. The standard InChI is InChI=1S/C13H17NO3S2/c1-9-5-3-4-6-11(9)7-18-19-8-12(13(16)17)14-10(2)15/h3-6,12H,7-8H2,1-2H3,(H,14,15)(H,16,17)/t12-/m0/s1. The molecule has 4 nitrogen and oxygen atoms in total. The zero-order chi connectivity index (χ0) is 14.3. The number of hydrogen-bond acceptors (Lipinski definition) is 4. The minimum atomic E-state index is -1.00. The predicted molar refractivity (Wildman–Crippen MR) is 80.2 cm³/mol. The van der Waals surface area contributed by atoms with Gasteiger partial charge in [0.05, 0.1) is 0 Å². The van der Waals surface area contributed by atoms with Crippen LogP contribution < -0.4 is 5.32 Å². The maximum Gasteiger partial charge on any atom is 0.327 e. The second-order valence-electron chi connectivity index (χ2n) is 4.06. The smallest absolute Gasteiger partial charge is 0.327 e. The van der Waals surface area contributed by atoms with E-state index in [1.54, 1.807) is 10.8 Å². The number of aryl methyl sites for hydroxylation is 1. The maximum atomic E-state index is 10.9. The normalized spacial score (nSPS) is 11.9. The fraction of sp³-hybridized carbons (Fsp3) is 0.385. The molecule has 0 aromatic heterocycles. The van der Waals surface area contributed by atoms with Crippen LogP contribution in [-0.4, -0.2) is 28.8 Å². The van der Waals surface area contributed by atoms with Crippen molar-refractivity contribution in [2.24, 2.45) is 0 Å². The van der Waals surface area contributed by atoms with Crippen molar-refractivity contribution >= 4 is 33.5 Å². The SMILES string of the molecule is CC(=O)N[C@@H](CSSCc1ccccc1C)C(=O)O. The molecule has 0 aliphatic rings. The molecule has 0 saturated heterocycles. The number of nitrogens with one attached hydrogen (secondary N) is 1. The molecule has 0 saturated carbocycles. The van der Waals surface area contributed by atoms with Crippen LogP contribution in [0.1, 0.15) is 18.1 Å². The molecule has 0 aliphatic heterocycles. The third-order valence-electron chi connectivity index (χ3n) is 2.47. The molecule has 0 aliphatic carbocycles. The van der Waals surface area contributed by atoms with Crippen molar-refractivity contribution in [1.29, 1.82) is 0 Å². The second kappa shape index (κ2) is 8.12. The molecule has 2 N–H and O–H groups in total. The van der Waals surface area contributed by atoms with Gasteiger partial charge in [0.2, 0.25) is 5.91 Å². The summed E-state index contributed by atoms with van der Waals surface area (Å²) in [5.74, 6) is -0.147. The van der Waals surface area contributed by atoms with Gasteiger partial charge in [0, 0.05) is 18.4 Å². The molecule has 0 fully saturated rings. The van der Waals surface area contributed by atoms with E-state index in [9.17, 15) is 9.59 Å². The number of carbonyl (C=O) groups is 2. The molecular formula is C13H17NO3S2. The van der Waals surface area contributed by atoms with Crippen molar-refractivity contribution in [3.05, 3.63) is 35.4 Å². The molecule has 19 heavy (non-hydrogen) atoms. The zero-order valence-corrected chi connectivity index (χ0v) is 12.5. The molecule has 1 rings (SSSR count). The quantitative estimate of drug-likeness (QED) is 0.598. The fourth-order valence-corrected chi connectivity index (χ4v) is 3.73. The number of amides is 1. The number of hydrogen-bond donors (Lipinski definition) is 2. The van der Waals surface area contributed by atoms with Gasteiger partial charge < -0.3 is 10.4 Å². The molecule has 1 atom stereocenters. The molecule has 0 bridgehead atoms. The highest BCUT2D eigenvalue weighted by atomic mass is 33.1. The highest BCUT2D eigenvalue weighted by Crippen LogP contribution is 2.27. The Morgan fingerprint density at radius 3 is 2.58 bits per heavy atom. The van der Waals surface area contributed by atoms with E-state index in [1.165, 1.54) is 28.8 Å². The number of benzene rings is 1. The van der Waals surface area contributed by atoms with Crippen LogP contribution in [0.25, 0.3) is 0 Å². The van der Waals surface area contributed by atoms with Crippen molar-refractivity contribution < 1.29 is 14.7 Å². The van der Waals surface area contributed by atoms with Gasteiger partial charge in [-0.25, -0.2) is 4.79 Å². The molecule has 104 valence electrons. The lowest BCUT2D eigenvalue weighted by Gasteiger charge is -2.12. The van der Waals surface area contributed by atoms with Crippen molar-refractivity contribution in [3.8, 4) is 0 Å². The summed E-state index contributed by atoms with van der Waals surface area (Å²) in [7, 11) is 3.05. The van der Waals surface area contributed by atoms with Gasteiger partial charge in [-0.05, 0) is 18.1 Å². The van der Waals surface area contributed by atoms with Gasteiger partial charge in [0.15, 0.2) is 0 Å². The largest absolute Gasteiger partial charge is 0.480 e. The number of aliphatic carboxylic acids is 1. The molecule has 0 unspecified atom stereocenters. The zero-order valence-electron chi connectivity index (χ0n) is 10.9. The Balaban J connectivity index is 2.35. The average Bonchev–Trinajstić information content (AvgIpc) is 2.34. The summed E-state index contributed by atoms with van der Waals surface area (Å²) in [4.78, 5) is 21.8. The minimum absolute atomic E-state index is 0.322. The lowest BCUT2D eigenvalue weighted by atomic mass is 10.1. The van der Waals surface area contributed by atoms with Gasteiger partial charge in [-0.15, -0.1) is 0 Å². The fourth-order valence-electron chi connectivity index (χ4n) is 1.41. The van der Waals surface area contributed by atoms with E-state index < -0.39 is 12.0 Å². The van der Waals surface area contributed by atoms with Crippen LogP contribution in [0.4, 0.5) is 0 Å². The highest BCUT2D eigenvalue weighted by Gasteiger charge is 2.18. The monoisotopic (exact) mass is 299 g/mol. The summed E-state index contributed by atoms with van der Waals surface area (Å²) < 4.78 is 0. The maximum absolute atomic E-state index is 10.9. The van der Waals surface area contributed by atoms with Crippen LogP contribution >= 0.6 is 21.6 Å². The summed E-state index contributed by atoms with van der Waals surface area (Å²) in [5, 5.41) is 11.4. The first-order valence-corrected chi connectivity index (χ1v) is 8.28. The highest BCUT2D eigenvalue weighted by molar-refractivity contribution is 8.76. The van der Waals surface area contributed by atoms with Crippen molar-refractivity contribution in [2.45, 2.75) is 25.6 Å². The molecule has 1 aromatic carbocycles. The second-order valence-corrected chi connectivity index (χ2v) is 6.57. The lowest BCUT2D eigenvalue weighted by molar-refractivity contribution is -0.140. The Morgan fingerprint density at radius 1 is 1.32 bits per heavy atom. The molecule has 0 radical (unpaired) electrons. The summed E-state index contributed by atoms with van der Waals surface area (Å²) in [6.07, 6.45) is 0. The van der Waals surface area contributed by atoms with E-state index in [2.05, 4.69) is 24.4 Å². The Bertz CT molecular complexity index is 451. The average molecular weight is 299 g/mol. The molecular weight excluding hydrogens is 282 g/mol. The van der Waals surface area contributed by atoms with Crippen LogP contribution in [0.15, 0.2) is 24.3 Å². The Labute approximate surface area is 120 Å². The van der Waals surface area contributed by atoms with Crippen molar-refractivity contribution in [3.63, 3.8) is 0 Å². The van der Waals surface area contributed by atoms with Crippen molar-refractivity contribution in [2.75, 3.05) is 5.75 Å². The summed E-state index contributed by atoms with van der Waals surface area (Å²) >= 11 is 0. The van der Waals surface area contributed by atoms with Gasteiger partial charge in [-0.1, -0.05) is 45.9 Å². The topological polar surface area (TPSA) is 66.4 Å². The first-order valence-electron chi connectivity index (χ1n) is 5.79. The van der Waals surface area contributed by atoms with E-state index >= 15 is 0 Å². The molecule has 1 amide bonds. The molecule has 1 aromatic rings. The van der Waals surface area contributed by atoms with E-state index in [1.807, 2.05) is 12.1 Å². The molecule has 0 heterocycles.